The summed E-state index contributed by atoms with van der Waals surface area (Å²) in [5.41, 5.74) is 4.74. The Balaban J connectivity index is 2.98. The summed E-state index contributed by atoms with van der Waals surface area (Å²) in [4.78, 5) is 0. The lowest BCUT2D eigenvalue weighted by Crippen LogP contribution is -2.36. The highest BCUT2D eigenvalue weighted by Crippen LogP contribution is 2.27. The van der Waals surface area contributed by atoms with E-state index in [-0.39, 0.29) is 0 Å². The van der Waals surface area contributed by atoms with Gasteiger partial charge in [-0.05, 0) is 19.4 Å². The number of nitrogens with two attached hydrogens (primary N) is 1. The molecule has 0 spiro atoms. The van der Waals surface area contributed by atoms with Crippen LogP contribution in [0.25, 0.3) is 0 Å². The summed E-state index contributed by atoms with van der Waals surface area (Å²) in [5.74, 6) is 0. The van der Waals surface area contributed by atoms with Crippen LogP contribution in [0.3, 0.4) is 0 Å². The number of hydrogen-bond acceptors (Lipinski definition) is 1. The summed E-state index contributed by atoms with van der Waals surface area (Å²) >= 11 is 0. The van der Waals surface area contributed by atoms with Gasteiger partial charge in [-0.3, -0.25) is 0 Å². The largest absolute Gasteiger partial charge is 0.325 e. The molecule has 1 aromatic carbocycles. The standard InChI is InChI=1S/C10H14FN/c1-8(12)10(2,11)9-6-4-3-5-7-9/h3-8H,12H2,1-2H3. The molecule has 0 aliphatic heterocycles. The molecular formula is C10H14FN. The van der Waals surface area contributed by atoms with E-state index in [0.717, 1.165) is 0 Å². The highest BCUT2D eigenvalue weighted by molar-refractivity contribution is 5.23. The molecule has 12 heavy (non-hydrogen) atoms. The van der Waals surface area contributed by atoms with Crippen molar-refractivity contribution < 1.29 is 4.39 Å². The second kappa shape index (κ2) is 3.23. The summed E-state index contributed by atoms with van der Waals surface area (Å²) in [6, 6.07) is 8.51. The Bertz CT molecular complexity index is 241. The van der Waals surface area contributed by atoms with E-state index in [9.17, 15) is 4.39 Å². The summed E-state index contributed by atoms with van der Waals surface area (Å²) in [6.07, 6.45) is 0. The fourth-order valence-electron chi connectivity index (χ4n) is 1.03. The Kier molecular flexibility index (Phi) is 2.48. The number of rotatable bonds is 2. The van der Waals surface area contributed by atoms with Crippen LogP contribution >= 0.6 is 0 Å². The quantitative estimate of drug-likeness (QED) is 0.718. The molecule has 1 aromatic rings. The molecule has 0 saturated carbocycles. The van der Waals surface area contributed by atoms with Crippen molar-refractivity contribution in [1.29, 1.82) is 0 Å². The minimum absolute atomic E-state index is 0.486. The van der Waals surface area contributed by atoms with Crippen LogP contribution in [0.15, 0.2) is 30.3 Å². The number of benzene rings is 1. The zero-order chi connectivity index (χ0) is 9.19. The van der Waals surface area contributed by atoms with Crippen LogP contribution in [0.5, 0.6) is 0 Å². The third-order valence-electron chi connectivity index (χ3n) is 2.19. The molecule has 0 amide bonds. The van der Waals surface area contributed by atoms with Gasteiger partial charge in [0, 0.05) is 6.04 Å². The zero-order valence-corrected chi connectivity index (χ0v) is 7.42. The van der Waals surface area contributed by atoms with Crippen LogP contribution < -0.4 is 5.73 Å². The smallest absolute Gasteiger partial charge is 0.147 e. The summed E-state index contributed by atoms with van der Waals surface area (Å²) in [7, 11) is 0. The van der Waals surface area contributed by atoms with Crippen molar-refractivity contribution >= 4 is 0 Å². The summed E-state index contributed by atoms with van der Waals surface area (Å²) in [6.45, 7) is 3.18. The monoisotopic (exact) mass is 167 g/mol. The molecule has 0 heterocycles. The van der Waals surface area contributed by atoms with E-state index in [4.69, 9.17) is 5.73 Å². The SMILES string of the molecule is CC(N)C(C)(F)c1ccccc1. The minimum atomic E-state index is -1.43. The van der Waals surface area contributed by atoms with Crippen molar-refractivity contribution in [2.24, 2.45) is 5.73 Å². The Labute approximate surface area is 72.4 Å². The minimum Gasteiger partial charge on any atom is -0.325 e. The maximum atomic E-state index is 13.8. The van der Waals surface area contributed by atoms with Crippen LogP contribution in [0.2, 0.25) is 0 Å². The van der Waals surface area contributed by atoms with Gasteiger partial charge in [0.25, 0.3) is 0 Å². The first-order valence-electron chi connectivity index (χ1n) is 4.05. The molecular weight excluding hydrogens is 153 g/mol. The van der Waals surface area contributed by atoms with E-state index in [1.807, 2.05) is 18.2 Å². The van der Waals surface area contributed by atoms with Gasteiger partial charge in [-0.15, -0.1) is 0 Å². The van der Waals surface area contributed by atoms with Crippen LogP contribution in [-0.4, -0.2) is 6.04 Å². The molecule has 0 fully saturated rings. The second-order valence-electron chi connectivity index (χ2n) is 3.23. The molecule has 1 nitrogen and oxygen atoms in total. The average molecular weight is 167 g/mol. The van der Waals surface area contributed by atoms with Gasteiger partial charge >= 0.3 is 0 Å². The highest BCUT2D eigenvalue weighted by Gasteiger charge is 2.29. The number of hydrogen-bond donors (Lipinski definition) is 1. The topological polar surface area (TPSA) is 26.0 Å². The van der Waals surface area contributed by atoms with Gasteiger partial charge in [0.05, 0.1) is 0 Å². The predicted octanol–water partition coefficient (Wildman–Crippen LogP) is 2.22. The Morgan fingerprint density at radius 2 is 1.83 bits per heavy atom. The number of halogens is 1. The van der Waals surface area contributed by atoms with Crippen LogP contribution in [-0.2, 0) is 5.67 Å². The third kappa shape index (κ3) is 1.64. The lowest BCUT2D eigenvalue weighted by Gasteiger charge is -2.24. The highest BCUT2D eigenvalue weighted by atomic mass is 19.1. The van der Waals surface area contributed by atoms with Crippen molar-refractivity contribution in [3.8, 4) is 0 Å². The maximum Gasteiger partial charge on any atom is 0.147 e. The molecule has 0 saturated heterocycles. The molecule has 2 unspecified atom stereocenters. The average Bonchev–Trinajstić information content (AvgIpc) is 2.06. The van der Waals surface area contributed by atoms with E-state index < -0.39 is 11.7 Å². The fraction of sp³-hybridized carbons (Fsp3) is 0.400. The van der Waals surface area contributed by atoms with Crippen molar-refractivity contribution in [2.75, 3.05) is 0 Å². The summed E-state index contributed by atoms with van der Waals surface area (Å²) in [5, 5.41) is 0. The van der Waals surface area contributed by atoms with E-state index in [2.05, 4.69) is 0 Å². The van der Waals surface area contributed by atoms with Gasteiger partial charge in [0.15, 0.2) is 0 Å². The zero-order valence-electron chi connectivity index (χ0n) is 7.42. The maximum absolute atomic E-state index is 13.8. The van der Waals surface area contributed by atoms with Crippen LogP contribution in [0, 0.1) is 0 Å². The van der Waals surface area contributed by atoms with Gasteiger partial charge in [0.1, 0.15) is 5.67 Å². The van der Waals surface area contributed by atoms with Gasteiger partial charge in [0.2, 0.25) is 0 Å². The van der Waals surface area contributed by atoms with E-state index in [1.165, 1.54) is 6.92 Å². The molecule has 2 heteroatoms. The third-order valence-corrected chi connectivity index (χ3v) is 2.19. The molecule has 0 bridgehead atoms. The molecule has 0 aliphatic rings. The molecule has 1 rings (SSSR count). The normalized spacial score (nSPS) is 18.3. The van der Waals surface area contributed by atoms with E-state index >= 15 is 0 Å². The fourth-order valence-corrected chi connectivity index (χ4v) is 1.03. The first-order chi connectivity index (χ1) is 5.55. The summed E-state index contributed by atoms with van der Waals surface area (Å²) < 4.78 is 13.8. The van der Waals surface area contributed by atoms with Gasteiger partial charge < -0.3 is 5.73 Å². The van der Waals surface area contributed by atoms with Gasteiger partial charge in [-0.25, -0.2) is 4.39 Å². The Morgan fingerprint density at radius 3 is 2.25 bits per heavy atom. The van der Waals surface area contributed by atoms with Crippen molar-refractivity contribution in [1.82, 2.24) is 0 Å². The van der Waals surface area contributed by atoms with Crippen LogP contribution in [0.4, 0.5) is 4.39 Å². The molecule has 0 aromatic heterocycles. The Hall–Kier alpha value is -0.890. The lowest BCUT2D eigenvalue weighted by molar-refractivity contribution is 0.158. The van der Waals surface area contributed by atoms with Gasteiger partial charge in [-0.2, -0.15) is 0 Å². The second-order valence-corrected chi connectivity index (χ2v) is 3.23. The first kappa shape index (κ1) is 9.20. The van der Waals surface area contributed by atoms with E-state index in [1.54, 1.807) is 19.1 Å². The van der Waals surface area contributed by atoms with E-state index in [0.29, 0.717) is 5.56 Å². The molecule has 0 radical (unpaired) electrons. The molecule has 2 N–H and O–H groups in total. The predicted molar refractivity (Wildman–Crippen MR) is 48.6 cm³/mol. The number of alkyl halides is 1. The van der Waals surface area contributed by atoms with Crippen molar-refractivity contribution in [3.05, 3.63) is 35.9 Å². The molecule has 2 atom stereocenters. The Morgan fingerprint density at radius 1 is 1.33 bits per heavy atom. The van der Waals surface area contributed by atoms with Crippen molar-refractivity contribution in [2.45, 2.75) is 25.6 Å². The molecule has 0 aliphatic carbocycles. The van der Waals surface area contributed by atoms with Crippen molar-refractivity contribution in [3.63, 3.8) is 0 Å². The first-order valence-corrected chi connectivity index (χ1v) is 4.05. The van der Waals surface area contributed by atoms with Crippen LogP contribution in [0.1, 0.15) is 19.4 Å². The lowest BCUT2D eigenvalue weighted by atomic mass is 9.92. The molecule has 66 valence electrons. The van der Waals surface area contributed by atoms with Gasteiger partial charge in [-0.1, -0.05) is 30.3 Å².